The summed E-state index contributed by atoms with van der Waals surface area (Å²) < 4.78 is 0.895. The van der Waals surface area contributed by atoms with Gasteiger partial charge in [-0.15, -0.1) is 11.3 Å². The Labute approximate surface area is 118 Å². The van der Waals surface area contributed by atoms with Gasteiger partial charge in [-0.05, 0) is 34.8 Å². The normalized spacial score (nSPS) is 17.6. The second-order valence-corrected chi connectivity index (χ2v) is 6.94. The Bertz CT molecular complexity index is 466. The summed E-state index contributed by atoms with van der Waals surface area (Å²) in [6.45, 7) is 0. The number of aliphatic carboxylic acids is 1. The minimum absolute atomic E-state index is 0.00401. The Kier molecular flexibility index (Phi) is 4.07. The molecule has 1 saturated carbocycles. The van der Waals surface area contributed by atoms with Gasteiger partial charge in [0.15, 0.2) is 0 Å². The zero-order chi connectivity index (χ0) is 13.2. The molecule has 0 spiro atoms. The van der Waals surface area contributed by atoms with Crippen LogP contribution in [0.5, 0.6) is 0 Å². The van der Waals surface area contributed by atoms with Gasteiger partial charge in [0.1, 0.15) is 0 Å². The van der Waals surface area contributed by atoms with E-state index in [1.54, 1.807) is 11.4 Å². The number of rotatable bonds is 4. The number of halogens is 1. The fourth-order valence-corrected chi connectivity index (χ4v) is 3.57. The van der Waals surface area contributed by atoms with Crippen LogP contribution >= 0.6 is 27.3 Å². The Morgan fingerprint density at radius 3 is 2.61 bits per heavy atom. The van der Waals surface area contributed by atoms with Crippen LogP contribution in [0.3, 0.4) is 0 Å². The Morgan fingerprint density at radius 2 is 2.11 bits per heavy atom. The van der Waals surface area contributed by atoms with Crippen molar-refractivity contribution in [3.63, 3.8) is 0 Å². The van der Waals surface area contributed by atoms with Crippen LogP contribution in [0.2, 0.25) is 0 Å². The minimum Gasteiger partial charge on any atom is -0.481 e. The van der Waals surface area contributed by atoms with Crippen LogP contribution in [0.25, 0.3) is 0 Å². The molecule has 0 radical (unpaired) electrons. The summed E-state index contributed by atoms with van der Waals surface area (Å²) in [4.78, 5) is 23.0. The number of hydrogen-bond donors (Lipinski definition) is 2. The average Bonchev–Trinajstić information content (AvgIpc) is 2.87. The van der Waals surface area contributed by atoms with Crippen molar-refractivity contribution < 1.29 is 14.7 Å². The van der Waals surface area contributed by atoms with Crippen molar-refractivity contribution in [3.05, 3.63) is 20.8 Å². The molecule has 0 bridgehead atoms. The van der Waals surface area contributed by atoms with E-state index in [1.165, 1.54) is 11.3 Å². The summed E-state index contributed by atoms with van der Waals surface area (Å²) in [5.41, 5.74) is 0.0284. The summed E-state index contributed by atoms with van der Waals surface area (Å²) in [5, 5.41) is 13.7. The third-order valence-corrected chi connectivity index (χ3v) is 4.76. The molecule has 0 unspecified atom stereocenters. The van der Waals surface area contributed by atoms with Crippen LogP contribution in [-0.2, 0) is 4.79 Å². The fourth-order valence-electron chi connectivity index (χ4n) is 2.43. The van der Waals surface area contributed by atoms with E-state index in [4.69, 9.17) is 5.11 Å². The third kappa shape index (κ3) is 3.11. The average molecular weight is 332 g/mol. The van der Waals surface area contributed by atoms with E-state index >= 15 is 0 Å². The molecule has 1 fully saturated rings. The van der Waals surface area contributed by atoms with Crippen molar-refractivity contribution in [1.82, 2.24) is 5.32 Å². The second-order valence-electron chi connectivity index (χ2n) is 4.65. The van der Waals surface area contributed by atoms with Crippen molar-refractivity contribution in [2.45, 2.75) is 37.6 Å². The van der Waals surface area contributed by atoms with E-state index < -0.39 is 11.5 Å². The monoisotopic (exact) mass is 331 g/mol. The van der Waals surface area contributed by atoms with Crippen molar-refractivity contribution >= 4 is 39.1 Å². The molecule has 2 rings (SSSR count). The number of amides is 1. The number of carbonyl (C=O) groups excluding carboxylic acids is 1. The van der Waals surface area contributed by atoms with Crippen LogP contribution in [0.4, 0.5) is 0 Å². The van der Waals surface area contributed by atoms with E-state index in [1.807, 2.05) is 0 Å². The van der Waals surface area contributed by atoms with Gasteiger partial charge in [-0.2, -0.15) is 0 Å². The van der Waals surface area contributed by atoms with E-state index in [9.17, 15) is 9.59 Å². The largest absolute Gasteiger partial charge is 0.481 e. The van der Waals surface area contributed by atoms with Gasteiger partial charge in [-0.1, -0.05) is 12.8 Å². The van der Waals surface area contributed by atoms with Crippen LogP contribution in [-0.4, -0.2) is 22.5 Å². The van der Waals surface area contributed by atoms with Crippen molar-refractivity contribution in [2.24, 2.45) is 0 Å². The Hall–Kier alpha value is -0.880. The zero-order valence-electron chi connectivity index (χ0n) is 9.74. The molecule has 0 aromatic carbocycles. The molecular formula is C12H14BrNO3S. The SMILES string of the molecule is O=C(O)CC1(NC(=O)c2csc(Br)c2)CCCC1. The van der Waals surface area contributed by atoms with Crippen molar-refractivity contribution in [2.75, 3.05) is 0 Å². The maximum atomic E-state index is 12.1. The molecule has 1 aliphatic rings. The lowest BCUT2D eigenvalue weighted by molar-refractivity contribution is -0.138. The van der Waals surface area contributed by atoms with E-state index in [2.05, 4.69) is 21.2 Å². The number of carboxylic acids is 1. The molecule has 1 aromatic rings. The highest BCUT2D eigenvalue weighted by Crippen LogP contribution is 2.33. The van der Waals surface area contributed by atoms with Gasteiger partial charge in [0.2, 0.25) is 0 Å². The highest BCUT2D eigenvalue weighted by atomic mass is 79.9. The fraction of sp³-hybridized carbons (Fsp3) is 0.500. The maximum absolute atomic E-state index is 12.1. The Balaban J connectivity index is 2.09. The van der Waals surface area contributed by atoms with E-state index in [0.717, 1.165) is 29.5 Å². The first-order valence-corrected chi connectivity index (χ1v) is 7.46. The molecule has 2 N–H and O–H groups in total. The minimum atomic E-state index is -0.858. The molecule has 18 heavy (non-hydrogen) atoms. The van der Waals surface area contributed by atoms with Gasteiger partial charge in [-0.25, -0.2) is 0 Å². The van der Waals surface area contributed by atoms with Gasteiger partial charge in [-0.3, -0.25) is 9.59 Å². The van der Waals surface area contributed by atoms with Crippen molar-refractivity contribution in [1.29, 1.82) is 0 Å². The van der Waals surface area contributed by atoms with E-state index in [0.29, 0.717) is 5.56 Å². The highest BCUT2D eigenvalue weighted by Gasteiger charge is 2.37. The first kappa shape index (κ1) is 13.5. The number of nitrogens with one attached hydrogen (secondary N) is 1. The molecule has 0 atom stereocenters. The topological polar surface area (TPSA) is 66.4 Å². The number of carboxylic acid groups (broad SMARTS) is 1. The van der Waals surface area contributed by atoms with Gasteiger partial charge >= 0.3 is 5.97 Å². The lowest BCUT2D eigenvalue weighted by atomic mass is 9.93. The smallest absolute Gasteiger partial charge is 0.305 e. The highest BCUT2D eigenvalue weighted by molar-refractivity contribution is 9.11. The second kappa shape index (κ2) is 5.40. The predicted octanol–water partition coefficient (Wildman–Crippen LogP) is 3.03. The quantitative estimate of drug-likeness (QED) is 0.891. The summed E-state index contributed by atoms with van der Waals surface area (Å²) in [7, 11) is 0. The van der Waals surface area contributed by atoms with Gasteiger partial charge in [0.25, 0.3) is 5.91 Å². The summed E-state index contributed by atoms with van der Waals surface area (Å²) >= 11 is 4.75. The van der Waals surface area contributed by atoms with Gasteiger partial charge in [0.05, 0.1) is 21.3 Å². The lowest BCUT2D eigenvalue weighted by Gasteiger charge is -2.28. The standard InChI is InChI=1S/C12H14BrNO3S/c13-9-5-8(7-18-9)11(17)14-12(6-10(15)16)3-1-2-4-12/h5,7H,1-4,6H2,(H,14,17)(H,15,16). The van der Waals surface area contributed by atoms with Gasteiger partial charge < -0.3 is 10.4 Å². The molecule has 0 aliphatic heterocycles. The predicted molar refractivity (Wildman–Crippen MR) is 72.9 cm³/mol. The first-order chi connectivity index (χ1) is 8.51. The molecule has 1 aromatic heterocycles. The lowest BCUT2D eigenvalue weighted by Crippen LogP contribution is -2.47. The number of carbonyl (C=O) groups is 2. The molecule has 0 saturated heterocycles. The molecule has 1 amide bonds. The zero-order valence-corrected chi connectivity index (χ0v) is 12.1. The molecule has 1 heterocycles. The third-order valence-electron chi connectivity index (χ3n) is 3.26. The maximum Gasteiger partial charge on any atom is 0.305 e. The summed E-state index contributed by atoms with van der Waals surface area (Å²) in [6.07, 6.45) is 3.44. The summed E-state index contributed by atoms with van der Waals surface area (Å²) in [6, 6.07) is 1.75. The molecular weight excluding hydrogens is 318 g/mol. The molecule has 6 heteroatoms. The molecule has 98 valence electrons. The van der Waals surface area contributed by atoms with Gasteiger partial charge in [0, 0.05) is 5.38 Å². The van der Waals surface area contributed by atoms with E-state index in [-0.39, 0.29) is 12.3 Å². The first-order valence-electron chi connectivity index (χ1n) is 5.79. The van der Waals surface area contributed by atoms with Crippen LogP contribution in [0.15, 0.2) is 15.2 Å². The van der Waals surface area contributed by atoms with Crippen LogP contribution in [0.1, 0.15) is 42.5 Å². The number of thiophene rings is 1. The number of hydrogen-bond acceptors (Lipinski definition) is 3. The Morgan fingerprint density at radius 1 is 1.44 bits per heavy atom. The van der Waals surface area contributed by atoms with Crippen LogP contribution < -0.4 is 5.32 Å². The van der Waals surface area contributed by atoms with Crippen LogP contribution in [0, 0.1) is 0 Å². The molecule has 4 nitrogen and oxygen atoms in total. The molecule has 1 aliphatic carbocycles. The summed E-state index contributed by atoms with van der Waals surface area (Å²) in [5.74, 6) is -1.04. The van der Waals surface area contributed by atoms with Crippen molar-refractivity contribution in [3.8, 4) is 0 Å².